The first-order valence-electron chi connectivity index (χ1n) is 7.03. The summed E-state index contributed by atoms with van der Waals surface area (Å²) < 4.78 is 0. The highest BCUT2D eigenvalue weighted by Gasteiger charge is 2.28. The Hall–Kier alpha value is -1.84. The maximum Gasteiger partial charge on any atom is 0.143 e. The molecule has 2 atom stereocenters. The minimum absolute atomic E-state index is 0.114. The zero-order valence-corrected chi connectivity index (χ0v) is 12.9. The van der Waals surface area contributed by atoms with Crippen molar-refractivity contribution in [2.75, 3.05) is 7.05 Å². The third-order valence-electron chi connectivity index (χ3n) is 3.88. The molecule has 0 fully saturated rings. The highest BCUT2D eigenvalue weighted by Crippen LogP contribution is 2.27. The van der Waals surface area contributed by atoms with E-state index in [0.29, 0.717) is 0 Å². The predicted octanol–water partition coefficient (Wildman–Crippen LogP) is 3.67. The Morgan fingerprint density at radius 1 is 1.05 bits per heavy atom. The van der Waals surface area contributed by atoms with Gasteiger partial charge < -0.3 is 5.43 Å². The molecule has 0 aromatic heterocycles. The Bertz CT molecular complexity index is 637. The molecular weight excluding hydrogens is 282 g/mol. The fraction of sp³-hybridized carbons (Fsp3) is 0.235. The summed E-state index contributed by atoms with van der Waals surface area (Å²) in [5.74, 6) is 0.876. The molecule has 2 aromatic rings. The smallest absolute Gasteiger partial charge is 0.143 e. The lowest BCUT2D eigenvalue weighted by molar-refractivity contribution is 0.178. The molecule has 4 heteroatoms. The molecule has 1 aliphatic rings. The van der Waals surface area contributed by atoms with Gasteiger partial charge in [-0.05, 0) is 36.8 Å². The number of benzene rings is 2. The second-order valence-corrected chi connectivity index (χ2v) is 5.74. The molecule has 2 unspecified atom stereocenters. The second kappa shape index (κ2) is 5.88. The van der Waals surface area contributed by atoms with Crippen LogP contribution in [0, 0.1) is 0 Å². The van der Waals surface area contributed by atoms with Crippen LogP contribution in [-0.4, -0.2) is 23.9 Å². The fourth-order valence-corrected chi connectivity index (χ4v) is 2.63. The van der Waals surface area contributed by atoms with Gasteiger partial charge in [0, 0.05) is 17.6 Å². The summed E-state index contributed by atoms with van der Waals surface area (Å²) in [7, 11) is 2.05. The van der Waals surface area contributed by atoms with Crippen LogP contribution in [0.1, 0.15) is 24.1 Å². The Morgan fingerprint density at radius 3 is 2.38 bits per heavy atom. The van der Waals surface area contributed by atoms with Crippen molar-refractivity contribution in [2.45, 2.75) is 19.0 Å². The van der Waals surface area contributed by atoms with E-state index in [2.05, 4.69) is 41.6 Å². The first-order chi connectivity index (χ1) is 10.1. The average molecular weight is 300 g/mol. The minimum Gasteiger partial charge on any atom is -0.303 e. The lowest BCUT2D eigenvalue weighted by Gasteiger charge is -2.36. The molecule has 1 N–H and O–H groups in total. The second-order valence-electron chi connectivity index (χ2n) is 5.30. The number of aliphatic imine (C=N–C) groups is 1. The number of nitrogens with zero attached hydrogens (tertiary/aromatic N) is 2. The molecule has 0 amide bonds. The number of hydrogen-bond acceptors (Lipinski definition) is 3. The molecular formula is C17H18ClN3. The normalized spacial score (nSPS) is 22.5. The van der Waals surface area contributed by atoms with E-state index in [-0.39, 0.29) is 12.1 Å². The van der Waals surface area contributed by atoms with Crippen LogP contribution in [0.2, 0.25) is 5.02 Å². The van der Waals surface area contributed by atoms with Gasteiger partial charge in [0.2, 0.25) is 0 Å². The number of rotatable bonds is 2. The first-order valence-corrected chi connectivity index (χ1v) is 7.41. The average Bonchev–Trinajstić information content (AvgIpc) is 2.51. The highest BCUT2D eigenvalue weighted by molar-refractivity contribution is 6.30. The van der Waals surface area contributed by atoms with Crippen LogP contribution in [-0.2, 0) is 0 Å². The summed E-state index contributed by atoms with van der Waals surface area (Å²) in [4.78, 5) is 4.90. The lowest BCUT2D eigenvalue weighted by atomic mass is 9.99. The molecule has 2 aromatic carbocycles. The topological polar surface area (TPSA) is 27.6 Å². The van der Waals surface area contributed by atoms with Gasteiger partial charge in [0.25, 0.3) is 0 Å². The number of likely N-dealkylation sites (N-methyl/N-ethyl adjacent to an activating group) is 1. The van der Waals surface area contributed by atoms with Crippen LogP contribution < -0.4 is 5.43 Å². The van der Waals surface area contributed by atoms with Crippen LogP contribution in [0.3, 0.4) is 0 Å². The van der Waals surface area contributed by atoms with E-state index >= 15 is 0 Å². The molecule has 108 valence electrons. The van der Waals surface area contributed by atoms with Gasteiger partial charge in [0.05, 0.1) is 12.1 Å². The molecule has 0 aliphatic carbocycles. The molecule has 21 heavy (non-hydrogen) atoms. The van der Waals surface area contributed by atoms with Gasteiger partial charge in [0.1, 0.15) is 5.84 Å². The summed E-state index contributed by atoms with van der Waals surface area (Å²) >= 11 is 5.96. The number of halogens is 1. The number of hydrogen-bond donors (Lipinski definition) is 1. The molecule has 0 saturated heterocycles. The van der Waals surface area contributed by atoms with E-state index in [1.807, 2.05) is 37.4 Å². The van der Waals surface area contributed by atoms with Crippen molar-refractivity contribution in [3.8, 4) is 0 Å². The van der Waals surface area contributed by atoms with Gasteiger partial charge in [-0.25, -0.2) is 5.01 Å². The van der Waals surface area contributed by atoms with E-state index in [1.54, 1.807) is 0 Å². The van der Waals surface area contributed by atoms with Crippen molar-refractivity contribution in [1.29, 1.82) is 0 Å². The monoisotopic (exact) mass is 299 g/mol. The lowest BCUT2D eigenvalue weighted by Crippen LogP contribution is -2.51. The Balaban J connectivity index is 1.99. The zero-order chi connectivity index (χ0) is 14.8. The van der Waals surface area contributed by atoms with Gasteiger partial charge in [-0.1, -0.05) is 41.9 Å². The largest absolute Gasteiger partial charge is 0.303 e. The van der Waals surface area contributed by atoms with Crippen LogP contribution in [0.25, 0.3) is 0 Å². The maximum atomic E-state index is 5.96. The zero-order valence-electron chi connectivity index (χ0n) is 12.1. The summed E-state index contributed by atoms with van der Waals surface area (Å²) in [6.45, 7) is 2.17. The van der Waals surface area contributed by atoms with E-state index in [0.717, 1.165) is 16.4 Å². The van der Waals surface area contributed by atoms with Crippen molar-refractivity contribution in [3.05, 3.63) is 70.7 Å². The number of nitrogens with one attached hydrogen (secondary N) is 1. The summed E-state index contributed by atoms with van der Waals surface area (Å²) in [5, 5.41) is 2.84. The van der Waals surface area contributed by atoms with E-state index in [9.17, 15) is 0 Å². The Kier molecular flexibility index (Phi) is 3.95. The Labute approximate surface area is 130 Å². The molecule has 0 spiro atoms. The predicted molar refractivity (Wildman–Crippen MR) is 87.5 cm³/mol. The molecule has 3 nitrogen and oxygen atoms in total. The fourth-order valence-electron chi connectivity index (χ4n) is 2.51. The molecule has 0 bridgehead atoms. The van der Waals surface area contributed by atoms with Crippen LogP contribution in [0.5, 0.6) is 0 Å². The van der Waals surface area contributed by atoms with Crippen molar-refractivity contribution >= 4 is 17.4 Å². The van der Waals surface area contributed by atoms with Gasteiger partial charge in [-0.15, -0.1) is 0 Å². The minimum atomic E-state index is 0.114. The van der Waals surface area contributed by atoms with E-state index < -0.39 is 0 Å². The quantitative estimate of drug-likeness (QED) is 0.916. The number of amidine groups is 1. The van der Waals surface area contributed by atoms with Gasteiger partial charge in [-0.2, -0.15) is 0 Å². The third-order valence-corrected chi connectivity index (χ3v) is 4.13. The molecule has 3 rings (SSSR count). The summed E-state index contributed by atoms with van der Waals surface area (Å²) in [6.07, 6.45) is 0. The van der Waals surface area contributed by atoms with Crippen LogP contribution in [0.4, 0.5) is 0 Å². The van der Waals surface area contributed by atoms with Crippen molar-refractivity contribution in [2.24, 2.45) is 4.99 Å². The third kappa shape index (κ3) is 2.94. The number of hydrazine groups is 1. The summed E-state index contributed by atoms with van der Waals surface area (Å²) in [6, 6.07) is 18.5. The van der Waals surface area contributed by atoms with Crippen LogP contribution in [0.15, 0.2) is 59.6 Å². The molecule has 0 radical (unpaired) electrons. The highest BCUT2D eigenvalue weighted by atomic mass is 35.5. The molecule has 1 aliphatic heterocycles. The molecule has 1 heterocycles. The van der Waals surface area contributed by atoms with E-state index in [1.165, 1.54) is 5.56 Å². The maximum absolute atomic E-state index is 5.96. The van der Waals surface area contributed by atoms with Gasteiger partial charge >= 0.3 is 0 Å². The first kappa shape index (κ1) is 14.1. The van der Waals surface area contributed by atoms with Crippen molar-refractivity contribution in [3.63, 3.8) is 0 Å². The molecule has 0 saturated carbocycles. The van der Waals surface area contributed by atoms with Crippen molar-refractivity contribution in [1.82, 2.24) is 10.4 Å². The van der Waals surface area contributed by atoms with Crippen molar-refractivity contribution < 1.29 is 0 Å². The van der Waals surface area contributed by atoms with E-state index in [4.69, 9.17) is 16.6 Å². The van der Waals surface area contributed by atoms with Gasteiger partial charge in [-0.3, -0.25) is 4.99 Å². The van der Waals surface area contributed by atoms with Crippen LogP contribution >= 0.6 is 11.6 Å². The summed E-state index contributed by atoms with van der Waals surface area (Å²) in [5.41, 5.74) is 5.61. The Morgan fingerprint density at radius 2 is 1.71 bits per heavy atom. The van der Waals surface area contributed by atoms with Gasteiger partial charge in [0.15, 0.2) is 0 Å². The standard InChI is InChI=1S/C17H18ClN3/c1-12-16(13-6-4-3-5-7-13)19-17(20-21(12)2)14-8-10-15(18)11-9-14/h3-12,16H,1-2H3,(H,19,20). The SMILES string of the molecule is CC1C(c2ccccc2)N=C(c2ccc(Cl)cc2)NN1C.